The van der Waals surface area contributed by atoms with Crippen LogP contribution in [0.3, 0.4) is 0 Å². The Labute approximate surface area is 97.1 Å². The molecule has 0 spiro atoms. The molecular weight excluding hydrogens is 204 g/mol. The molecule has 0 radical (unpaired) electrons. The summed E-state index contributed by atoms with van der Waals surface area (Å²) in [5, 5.41) is 0. The maximum Gasteiger partial charge on any atom is 0.330 e. The zero-order chi connectivity index (χ0) is 12.0. The molecule has 1 unspecified atom stereocenters. The first-order valence-electron chi connectivity index (χ1n) is 5.77. The molecule has 0 amide bonds. The summed E-state index contributed by atoms with van der Waals surface area (Å²) in [4.78, 5) is 11.2. The van der Waals surface area contributed by atoms with E-state index in [-0.39, 0.29) is 12.1 Å². The predicted molar refractivity (Wildman–Crippen MR) is 62.9 cm³/mol. The van der Waals surface area contributed by atoms with Crippen molar-refractivity contribution in [2.75, 3.05) is 6.61 Å². The van der Waals surface area contributed by atoms with Gasteiger partial charge in [0.2, 0.25) is 0 Å². The van der Waals surface area contributed by atoms with E-state index in [2.05, 4.69) is 6.92 Å². The van der Waals surface area contributed by atoms with E-state index in [1.165, 1.54) is 11.6 Å². The second-order valence-electron chi connectivity index (χ2n) is 4.28. The van der Waals surface area contributed by atoms with Crippen molar-refractivity contribution in [3.8, 4) is 0 Å². The molecule has 0 fully saturated rings. The summed E-state index contributed by atoms with van der Waals surface area (Å²) in [5.74, 6) is -0.283. The molecule has 1 aliphatic rings. The third-order valence-electron chi connectivity index (χ3n) is 2.49. The highest BCUT2D eigenvalue weighted by Crippen LogP contribution is 2.19. The van der Waals surface area contributed by atoms with Gasteiger partial charge in [-0.15, -0.1) is 0 Å². The van der Waals surface area contributed by atoms with Crippen molar-refractivity contribution in [3.05, 3.63) is 23.5 Å². The number of carbonyl (C=O) groups excluding carboxylic acids is 1. The highest BCUT2D eigenvalue weighted by molar-refractivity contribution is 5.82. The lowest BCUT2D eigenvalue weighted by Gasteiger charge is -2.22. The number of ether oxygens (including phenoxy) is 2. The normalized spacial score (nSPS) is 19.4. The lowest BCUT2D eigenvalue weighted by atomic mass is 10.0. The van der Waals surface area contributed by atoms with Crippen LogP contribution in [0, 0.1) is 0 Å². The van der Waals surface area contributed by atoms with Gasteiger partial charge in [0, 0.05) is 6.08 Å². The Kier molecular flexibility index (Phi) is 5.09. The van der Waals surface area contributed by atoms with E-state index in [4.69, 9.17) is 9.47 Å². The number of carbonyl (C=O) groups is 1. The molecule has 3 nitrogen and oxygen atoms in total. The molecule has 0 aromatic carbocycles. The van der Waals surface area contributed by atoms with Crippen molar-refractivity contribution in [1.29, 1.82) is 0 Å². The van der Waals surface area contributed by atoms with Crippen molar-refractivity contribution in [2.24, 2.45) is 0 Å². The smallest absolute Gasteiger partial charge is 0.330 e. The van der Waals surface area contributed by atoms with E-state index in [9.17, 15) is 4.79 Å². The maximum atomic E-state index is 11.2. The summed E-state index contributed by atoms with van der Waals surface area (Å²) in [6, 6.07) is 0. The molecule has 1 heterocycles. The van der Waals surface area contributed by atoms with Crippen LogP contribution in [0.15, 0.2) is 23.5 Å². The molecule has 90 valence electrons. The fraction of sp³-hybridized carbons (Fsp3) is 0.615. The van der Waals surface area contributed by atoms with Crippen molar-refractivity contribution in [3.63, 3.8) is 0 Å². The topological polar surface area (TPSA) is 35.5 Å². The van der Waals surface area contributed by atoms with Crippen LogP contribution in [-0.2, 0) is 14.3 Å². The minimum atomic E-state index is -0.283. The summed E-state index contributed by atoms with van der Waals surface area (Å²) < 4.78 is 10.6. The maximum absolute atomic E-state index is 11.2. The van der Waals surface area contributed by atoms with Gasteiger partial charge in [0.25, 0.3) is 0 Å². The Hall–Kier alpha value is -1.25. The summed E-state index contributed by atoms with van der Waals surface area (Å²) in [6.07, 6.45) is 6.33. The molecule has 0 aromatic heterocycles. The molecule has 1 aliphatic heterocycles. The average Bonchev–Trinajstić information content (AvgIpc) is 2.26. The van der Waals surface area contributed by atoms with Gasteiger partial charge in [-0.05, 0) is 38.7 Å². The van der Waals surface area contributed by atoms with Crippen molar-refractivity contribution in [2.45, 2.75) is 46.1 Å². The van der Waals surface area contributed by atoms with Crippen LogP contribution in [0.25, 0.3) is 0 Å². The first-order chi connectivity index (χ1) is 7.61. The standard InChI is InChI=1S/C13H20O3/c1-4-11-5-6-12(15-8-11)9-16-13(14)7-10(2)3/h7-8,12H,4-6,9H2,1-3H3. The van der Waals surface area contributed by atoms with Gasteiger partial charge in [0.15, 0.2) is 0 Å². The van der Waals surface area contributed by atoms with Gasteiger partial charge >= 0.3 is 5.97 Å². The van der Waals surface area contributed by atoms with Gasteiger partial charge in [0.1, 0.15) is 12.7 Å². The molecule has 0 bridgehead atoms. The number of hydrogen-bond donors (Lipinski definition) is 0. The van der Waals surface area contributed by atoms with E-state index in [0.29, 0.717) is 6.61 Å². The summed E-state index contributed by atoms with van der Waals surface area (Å²) >= 11 is 0. The van der Waals surface area contributed by atoms with E-state index < -0.39 is 0 Å². The van der Waals surface area contributed by atoms with Crippen LogP contribution in [0.4, 0.5) is 0 Å². The van der Waals surface area contributed by atoms with Gasteiger partial charge in [-0.1, -0.05) is 12.5 Å². The second-order valence-corrected chi connectivity index (χ2v) is 4.28. The molecule has 0 saturated carbocycles. The third-order valence-corrected chi connectivity index (χ3v) is 2.49. The molecule has 0 aromatic rings. The van der Waals surface area contributed by atoms with E-state index in [1.807, 2.05) is 20.1 Å². The molecule has 0 saturated heterocycles. The molecule has 0 N–H and O–H groups in total. The fourth-order valence-electron chi connectivity index (χ4n) is 1.50. The molecule has 1 atom stereocenters. The van der Waals surface area contributed by atoms with Gasteiger partial charge < -0.3 is 9.47 Å². The Bertz CT molecular complexity index is 298. The minimum absolute atomic E-state index is 0.0183. The fourth-order valence-corrected chi connectivity index (χ4v) is 1.50. The van der Waals surface area contributed by atoms with Crippen molar-refractivity contribution in [1.82, 2.24) is 0 Å². The first-order valence-corrected chi connectivity index (χ1v) is 5.77. The van der Waals surface area contributed by atoms with Crippen LogP contribution in [0.5, 0.6) is 0 Å². The molecule has 1 rings (SSSR count). The summed E-state index contributed by atoms with van der Waals surface area (Å²) in [5.41, 5.74) is 2.27. The Morgan fingerprint density at radius 3 is 2.88 bits per heavy atom. The summed E-state index contributed by atoms with van der Waals surface area (Å²) in [7, 11) is 0. The zero-order valence-corrected chi connectivity index (χ0v) is 10.3. The van der Waals surface area contributed by atoms with Gasteiger partial charge in [-0.2, -0.15) is 0 Å². The van der Waals surface area contributed by atoms with Crippen LogP contribution < -0.4 is 0 Å². The first kappa shape index (κ1) is 12.8. The highest BCUT2D eigenvalue weighted by Gasteiger charge is 2.16. The lowest BCUT2D eigenvalue weighted by Crippen LogP contribution is -2.22. The Morgan fingerprint density at radius 2 is 2.38 bits per heavy atom. The monoisotopic (exact) mass is 224 g/mol. The number of esters is 1. The van der Waals surface area contributed by atoms with Crippen LogP contribution in [0.1, 0.15) is 40.0 Å². The Balaban J connectivity index is 2.28. The van der Waals surface area contributed by atoms with Crippen molar-refractivity contribution >= 4 is 5.97 Å². The number of rotatable bonds is 4. The largest absolute Gasteiger partial charge is 0.495 e. The number of hydrogen-bond acceptors (Lipinski definition) is 3. The van der Waals surface area contributed by atoms with Crippen LogP contribution >= 0.6 is 0 Å². The quantitative estimate of drug-likeness (QED) is 0.544. The SMILES string of the molecule is CCC1=COC(COC(=O)C=C(C)C)CC1. The van der Waals surface area contributed by atoms with Gasteiger partial charge in [-0.3, -0.25) is 0 Å². The number of allylic oxidation sites excluding steroid dienone is 2. The molecule has 16 heavy (non-hydrogen) atoms. The van der Waals surface area contributed by atoms with E-state index in [1.54, 1.807) is 0 Å². The van der Waals surface area contributed by atoms with Crippen LogP contribution in [0.2, 0.25) is 0 Å². The average molecular weight is 224 g/mol. The van der Waals surface area contributed by atoms with E-state index >= 15 is 0 Å². The molecule has 3 heteroatoms. The summed E-state index contributed by atoms with van der Waals surface area (Å²) in [6.45, 7) is 6.20. The van der Waals surface area contributed by atoms with E-state index in [0.717, 1.165) is 24.8 Å². The van der Waals surface area contributed by atoms with Crippen molar-refractivity contribution < 1.29 is 14.3 Å². The van der Waals surface area contributed by atoms with Crippen LogP contribution in [-0.4, -0.2) is 18.7 Å². The van der Waals surface area contributed by atoms with Gasteiger partial charge in [0.05, 0.1) is 6.26 Å². The highest BCUT2D eigenvalue weighted by atomic mass is 16.6. The zero-order valence-electron chi connectivity index (χ0n) is 10.3. The lowest BCUT2D eigenvalue weighted by molar-refractivity contribution is -0.141. The molecular formula is C13H20O3. The second kappa shape index (κ2) is 6.36. The molecule has 0 aliphatic carbocycles. The predicted octanol–water partition coefficient (Wildman–Crippen LogP) is 2.97. The van der Waals surface area contributed by atoms with Gasteiger partial charge in [-0.25, -0.2) is 4.79 Å². The minimum Gasteiger partial charge on any atom is -0.495 e. The third kappa shape index (κ3) is 4.51. The Morgan fingerprint density at radius 1 is 1.62 bits per heavy atom.